The number of nitrogens with zero attached hydrogens (tertiary/aromatic N) is 2. The number of halogens is 1. The van der Waals surface area contributed by atoms with E-state index >= 15 is 0 Å². The molecule has 0 saturated carbocycles. The smallest absolute Gasteiger partial charge is 0.340 e. The molecule has 6 heteroatoms. The lowest BCUT2D eigenvalue weighted by molar-refractivity contribution is -0.126. The molecule has 22 heavy (non-hydrogen) atoms. The highest BCUT2D eigenvalue weighted by Gasteiger charge is 2.23. The van der Waals surface area contributed by atoms with E-state index < -0.39 is 12.1 Å². The molecular weight excluding hydrogens is 348 g/mol. The van der Waals surface area contributed by atoms with Crippen molar-refractivity contribution in [3.63, 3.8) is 0 Å². The zero-order valence-electron chi connectivity index (χ0n) is 12.2. The van der Waals surface area contributed by atoms with E-state index in [4.69, 9.17) is 4.74 Å². The van der Waals surface area contributed by atoms with Crippen LogP contribution in [0.15, 0.2) is 53.3 Å². The predicted molar refractivity (Wildman–Crippen MR) is 86.7 cm³/mol. The van der Waals surface area contributed by atoms with Crippen molar-refractivity contribution in [3.05, 3.63) is 58.8 Å². The van der Waals surface area contributed by atoms with Crippen LogP contribution in [0.25, 0.3) is 0 Å². The zero-order chi connectivity index (χ0) is 16.1. The molecule has 0 fully saturated rings. The van der Waals surface area contributed by atoms with Crippen molar-refractivity contribution in [3.8, 4) is 0 Å². The number of carbonyl (C=O) groups excluding carboxylic acids is 2. The van der Waals surface area contributed by atoms with Crippen LogP contribution in [0, 0.1) is 0 Å². The average molecular weight is 363 g/mol. The van der Waals surface area contributed by atoms with Gasteiger partial charge >= 0.3 is 5.97 Å². The van der Waals surface area contributed by atoms with Gasteiger partial charge < -0.3 is 9.64 Å². The van der Waals surface area contributed by atoms with Gasteiger partial charge in [-0.1, -0.05) is 18.2 Å². The molecule has 5 nitrogen and oxygen atoms in total. The maximum atomic E-state index is 12.3. The van der Waals surface area contributed by atoms with E-state index in [9.17, 15) is 9.59 Å². The van der Waals surface area contributed by atoms with Crippen LogP contribution in [0.3, 0.4) is 0 Å². The van der Waals surface area contributed by atoms with Crippen LogP contribution in [0.2, 0.25) is 0 Å². The minimum Gasteiger partial charge on any atom is -0.449 e. The summed E-state index contributed by atoms with van der Waals surface area (Å²) in [5, 5.41) is 0. The van der Waals surface area contributed by atoms with Crippen LogP contribution in [0.1, 0.15) is 17.3 Å². The third kappa shape index (κ3) is 3.92. The predicted octanol–water partition coefficient (Wildman–Crippen LogP) is 3.05. The lowest BCUT2D eigenvalue weighted by Crippen LogP contribution is -2.37. The Morgan fingerprint density at radius 1 is 1.23 bits per heavy atom. The van der Waals surface area contributed by atoms with Crippen molar-refractivity contribution in [1.29, 1.82) is 0 Å². The highest BCUT2D eigenvalue weighted by atomic mass is 79.9. The number of esters is 1. The van der Waals surface area contributed by atoms with Crippen LogP contribution < -0.4 is 4.90 Å². The molecule has 1 aromatic carbocycles. The van der Waals surface area contributed by atoms with Gasteiger partial charge in [0.15, 0.2) is 6.10 Å². The SMILES string of the molecule is C[C@@H](OC(=O)c1cncc(Br)c1)C(=O)N(C)c1ccccc1. The van der Waals surface area contributed by atoms with Gasteiger partial charge in [0.2, 0.25) is 0 Å². The number of aromatic nitrogens is 1. The van der Waals surface area contributed by atoms with E-state index in [2.05, 4.69) is 20.9 Å². The maximum Gasteiger partial charge on any atom is 0.340 e. The first-order valence-electron chi connectivity index (χ1n) is 6.63. The molecule has 0 aliphatic rings. The van der Waals surface area contributed by atoms with E-state index in [0.29, 0.717) is 4.47 Å². The Balaban J connectivity index is 2.04. The third-order valence-electron chi connectivity index (χ3n) is 3.05. The molecule has 0 N–H and O–H groups in total. The van der Waals surface area contributed by atoms with Crippen molar-refractivity contribution in [2.45, 2.75) is 13.0 Å². The summed E-state index contributed by atoms with van der Waals surface area (Å²) >= 11 is 3.23. The summed E-state index contributed by atoms with van der Waals surface area (Å²) in [5.41, 5.74) is 1.02. The van der Waals surface area contributed by atoms with Crippen LogP contribution in [-0.2, 0) is 9.53 Å². The summed E-state index contributed by atoms with van der Waals surface area (Å²) in [7, 11) is 1.64. The van der Waals surface area contributed by atoms with Crippen molar-refractivity contribution in [2.24, 2.45) is 0 Å². The molecule has 2 rings (SSSR count). The number of amides is 1. The highest BCUT2D eigenvalue weighted by molar-refractivity contribution is 9.10. The van der Waals surface area contributed by atoms with E-state index in [-0.39, 0.29) is 11.5 Å². The maximum absolute atomic E-state index is 12.3. The fourth-order valence-corrected chi connectivity index (χ4v) is 2.22. The molecule has 0 aliphatic carbocycles. The lowest BCUT2D eigenvalue weighted by Gasteiger charge is -2.21. The van der Waals surface area contributed by atoms with Gasteiger partial charge in [-0.3, -0.25) is 9.78 Å². The molecule has 1 heterocycles. The second-order valence-corrected chi connectivity index (χ2v) is 5.59. The van der Waals surface area contributed by atoms with Crippen LogP contribution in [0.5, 0.6) is 0 Å². The summed E-state index contributed by atoms with van der Waals surface area (Å²) in [5.74, 6) is -0.890. The number of benzene rings is 1. The fraction of sp³-hybridized carbons (Fsp3) is 0.188. The van der Waals surface area contributed by atoms with E-state index in [1.807, 2.05) is 30.3 Å². The van der Waals surface area contributed by atoms with Gasteiger partial charge in [-0.05, 0) is 41.1 Å². The number of pyridine rings is 1. The lowest BCUT2D eigenvalue weighted by atomic mass is 10.2. The molecule has 1 aromatic heterocycles. The summed E-state index contributed by atoms with van der Waals surface area (Å²) < 4.78 is 5.87. The zero-order valence-corrected chi connectivity index (χ0v) is 13.8. The molecule has 0 radical (unpaired) electrons. The standard InChI is InChI=1S/C16H15BrN2O3/c1-11(15(20)19(2)14-6-4-3-5-7-14)22-16(21)12-8-13(17)10-18-9-12/h3-11H,1-2H3/t11-/m1/s1. The molecule has 0 aliphatic heterocycles. The normalized spacial score (nSPS) is 11.6. The number of anilines is 1. The van der Waals surface area contributed by atoms with Gasteiger partial charge in [0, 0.05) is 29.6 Å². The molecular formula is C16H15BrN2O3. The number of para-hydroxylation sites is 1. The molecule has 1 amide bonds. The molecule has 0 unspecified atom stereocenters. The van der Waals surface area contributed by atoms with Gasteiger partial charge in [-0.15, -0.1) is 0 Å². The number of hydrogen-bond acceptors (Lipinski definition) is 4. The van der Waals surface area contributed by atoms with Crippen LogP contribution >= 0.6 is 15.9 Å². The van der Waals surface area contributed by atoms with Crippen LogP contribution in [-0.4, -0.2) is 30.0 Å². The molecule has 2 aromatic rings. The Bertz CT molecular complexity index is 676. The Hall–Kier alpha value is -2.21. The van der Waals surface area contributed by atoms with Gasteiger partial charge in [0.25, 0.3) is 5.91 Å². The number of likely N-dealkylation sites (N-methyl/N-ethyl adjacent to an activating group) is 1. The summed E-state index contributed by atoms with van der Waals surface area (Å²) in [6.45, 7) is 1.55. The number of carbonyl (C=O) groups is 2. The summed E-state index contributed by atoms with van der Waals surface area (Å²) in [6.07, 6.45) is 2.07. The second kappa shape index (κ2) is 7.17. The fourth-order valence-electron chi connectivity index (χ4n) is 1.85. The van der Waals surface area contributed by atoms with Gasteiger partial charge in [-0.25, -0.2) is 4.79 Å². The molecule has 0 spiro atoms. The van der Waals surface area contributed by atoms with Crippen molar-refractivity contribution < 1.29 is 14.3 Å². The Morgan fingerprint density at radius 3 is 2.55 bits per heavy atom. The third-order valence-corrected chi connectivity index (χ3v) is 3.48. The minimum absolute atomic E-state index is 0.288. The van der Waals surface area contributed by atoms with Crippen molar-refractivity contribution in [2.75, 3.05) is 11.9 Å². The first-order chi connectivity index (χ1) is 10.5. The molecule has 1 atom stereocenters. The van der Waals surface area contributed by atoms with Crippen molar-refractivity contribution >= 4 is 33.5 Å². The number of ether oxygens (including phenoxy) is 1. The van der Waals surface area contributed by atoms with Gasteiger partial charge in [0.1, 0.15) is 0 Å². The minimum atomic E-state index is -0.892. The average Bonchev–Trinajstić information content (AvgIpc) is 2.54. The quantitative estimate of drug-likeness (QED) is 0.784. The summed E-state index contributed by atoms with van der Waals surface area (Å²) in [4.78, 5) is 29.7. The Kier molecular flexibility index (Phi) is 5.27. The second-order valence-electron chi connectivity index (χ2n) is 4.67. The van der Waals surface area contributed by atoms with E-state index in [1.54, 1.807) is 26.2 Å². The Morgan fingerprint density at radius 2 is 1.91 bits per heavy atom. The summed E-state index contributed by atoms with van der Waals surface area (Å²) in [6, 6.07) is 10.8. The topological polar surface area (TPSA) is 59.5 Å². The largest absolute Gasteiger partial charge is 0.449 e. The monoisotopic (exact) mass is 362 g/mol. The van der Waals surface area contributed by atoms with Gasteiger partial charge in [-0.2, -0.15) is 0 Å². The Labute approximate surface area is 137 Å². The highest BCUT2D eigenvalue weighted by Crippen LogP contribution is 2.15. The van der Waals surface area contributed by atoms with E-state index in [1.165, 1.54) is 11.1 Å². The number of rotatable bonds is 4. The molecule has 0 saturated heterocycles. The molecule has 114 valence electrons. The van der Waals surface area contributed by atoms with Gasteiger partial charge in [0.05, 0.1) is 5.56 Å². The first-order valence-corrected chi connectivity index (χ1v) is 7.42. The number of hydrogen-bond donors (Lipinski definition) is 0. The van der Waals surface area contributed by atoms with Crippen molar-refractivity contribution in [1.82, 2.24) is 4.98 Å². The first kappa shape index (κ1) is 16.2. The van der Waals surface area contributed by atoms with Crippen LogP contribution in [0.4, 0.5) is 5.69 Å². The molecule has 0 bridgehead atoms. The van der Waals surface area contributed by atoms with E-state index in [0.717, 1.165) is 5.69 Å².